The molecule has 0 radical (unpaired) electrons. The van der Waals surface area contributed by atoms with E-state index in [1.807, 2.05) is 13.0 Å². The molecule has 1 heterocycles. The first kappa shape index (κ1) is 15.3. The molecule has 0 spiro atoms. The van der Waals surface area contributed by atoms with Gasteiger partial charge in [0.2, 0.25) is 0 Å². The summed E-state index contributed by atoms with van der Waals surface area (Å²) in [4.78, 5) is 11.1. The third-order valence-corrected chi connectivity index (χ3v) is 3.57. The highest BCUT2D eigenvalue weighted by Gasteiger charge is 2.18. The van der Waals surface area contributed by atoms with Gasteiger partial charge in [0.25, 0.3) is 0 Å². The Morgan fingerprint density at radius 3 is 2.48 bits per heavy atom. The summed E-state index contributed by atoms with van der Waals surface area (Å²) in [5.41, 5.74) is 3.51. The second-order valence-corrected chi connectivity index (χ2v) is 6.05. The molecule has 1 aromatic heterocycles. The first-order chi connectivity index (χ1) is 9.90. The van der Waals surface area contributed by atoms with Crippen molar-refractivity contribution in [2.24, 2.45) is 0 Å². The monoisotopic (exact) mass is 286 g/mol. The van der Waals surface area contributed by atoms with E-state index in [0.717, 1.165) is 23.3 Å². The number of aldehydes is 1. The van der Waals surface area contributed by atoms with Crippen molar-refractivity contribution in [3.63, 3.8) is 0 Å². The van der Waals surface area contributed by atoms with Crippen LogP contribution in [0.1, 0.15) is 43.7 Å². The lowest BCUT2D eigenvalue weighted by atomic mass is 9.85. The largest absolute Gasteiger partial charge is 0.496 e. The van der Waals surface area contributed by atoms with E-state index >= 15 is 0 Å². The second kappa shape index (κ2) is 5.72. The van der Waals surface area contributed by atoms with Crippen molar-refractivity contribution in [1.29, 1.82) is 0 Å². The van der Waals surface area contributed by atoms with Crippen LogP contribution in [0.15, 0.2) is 24.3 Å². The summed E-state index contributed by atoms with van der Waals surface area (Å²) in [5.74, 6) is 0.765. The quantitative estimate of drug-likeness (QED) is 0.805. The Morgan fingerprint density at radius 2 is 2.00 bits per heavy atom. The number of benzene rings is 1. The summed E-state index contributed by atoms with van der Waals surface area (Å²) < 4.78 is 7.15. The van der Waals surface area contributed by atoms with Gasteiger partial charge in [-0.3, -0.25) is 9.48 Å². The fraction of sp³-hybridized carbons (Fsp3) is 0.412. The number of aryl methyl sites for hydroxylation is 1. The Morgan fingerprint density at radius 1 is 1.29 bits per heavy atom. The molecule has 0 aliphatic heterocycles. The predicted octanol–water partition coefficient (Wildman–Crippen LogP) is 3.69. The molecule has 0 bridgehead atoms. The van der Waals surface area contributed by atoms with Gasteiger partial charge in [-0.1, -0.05) is 26.8 Å². The summed E-state index contributed by atoms with van der Waals surface area (Å²) in [7, 11) is 1.65. The van der Waals surface area contributed by atoms with Gasteiger partial charge in [0.05, 0.1) is 12.8 Å². The molecule has 0 N–H and O–H groups in total. The summed E-state index contributed by atoms with van der Waals surface area (Å²) in [6, 6.07) is 7.93. The molecule has 2 rings (SSSR count). The van der Waals surface area contributed by atoms with E-state index < -0.39 is 0 Å². The van der Waals surface area contributed by atoms with Gasteiger partial charge < -0.3 is 4.74 Å². The molecule has 0 aliphatic rings. The van der Waals surface area contributed by atoms with Crippen LogP contribution in [0.4, 0.5) is 0 Å². The standard InChI is InChI=1S/C17H22N2O2/c1-6-19-13(11-20)10-15(18-19)14-9-12(17(2,3)4)7-8-16(14)21-5/h7-11H,6H2,1-5H3. The van der Waals surface area contributed by atoms with Crippen molar-refractivity contribution in [2.45, 2.75) is 39.7 Å². The molecule has 0 atom stereocenters. The number of nitrogens with zero attached hydrogens (tertiary/aromatic N) is 2. The van der Waals surface area contributed by atoms with Crippen LogP contribution >= 0.6 is 0 Å². The van der Waals surface area contributed by atoms with E-state index in [2.05, 4.69) is 38.0 Å². The van der Waals surface area contributed by atoms with Gasteiger partial charge in [-0.2, -0.15) is 5.10 Å². The fourth-order valence-electron chi connectivity index (χ4n) is 2.29. The molecule has 2 aromatic rings. The number of hydrogen-bond acceptors (Lipinski definition) is 3. The van der Waals surface area contributed by atoms with Crippen LogP contribution in [-0.4, -0.2) is 23.2 Å². The van der Waals surface area contributed by atoms with Crippen molar-refractivity contribution in [1.82, 2.24) is 9.78 Å². The molecular weight excluding hydrogens is 264 g/mol. The van der Waals surface area contributed by atoms with Gasteiger partial charge >= 0.3 is 0 Å². The normalized spacial score (nSPS) is 11.5. The molecule has 0 fully saturated rings. The van der Waals surface area contributed by atoms with Crippen molar-refractivity contribution in [2.75, 3.05) is 7.11 Å². The molecule has 0 saturated carbocycles. The van der Waals surface area contributed by atoms with Crippen LogP contribution in [0.2, 0.25) is 0 Å². The Balaban J connectivity index is 2.60. The number of hydrogen-bond donors (Lipinski definition) is 0. The third-order valence-electron chi connectivity index (χ3n) is 3.57. The Bertz CT molecular complexity index is 651. The van der Waals surface area contributed by atoms with Gasteiger partial charge in [0.1, 0.15) is 11.4 Å². The van der Waals surface area contributed by atoms with E-state index in [1.54, 1.807) is 17.9 Å². The maximum absolute atomic E-state index is 11.1. The Labute approximate surface area is 125 Å². The molecule has 1 aromatic carbocycles. The van der Waals surface area contributed by atoms with Gasteiger partial charge in [-0.25, -0.2) is 0 Å². The minimum Gasteiger partial charge on any atom is -0.496 e. The predicted molar refractivity (Wildman–Crippen MR) is 84.0 cm³/mol. The highest BCUT2D eigenvalue weighted by atomic mass is 16.5. The van der Waals surface area contributed by atoms with Crippen molar-refractivity contribution < 1.29 is 9.53 Å². The molecule has 4 nitrogen and oxygen atoms in total. The van der Waals surface area contributed by atoms with Crippen LogP contribution in [0.25, 0.3) is 11.3 Å². The highest BCUT2D eigenvalue weighted by Crippen LogP contribution is 2.34. The number of methoxy groups -OCH3 is 1. The van der Waals surface area contributed by atoms with Crippen molar-refractivity contribution in [3.05, 3.63) is 35.5 Å². The zero-order chi connectivity index (χ0) is 15.6. The zero-order valence-corrected chi connectivity index (χ0v) is 13.3. The average Bonchev–Trinajstić information content (AvgIpc) is 2.88. The molecule has 0 amide bonds. The molecule has 112 valence electrons. The maximum atomic E-state index is 11.1. The molecule has 0 saturated heterocycles. The van der Waals surface area contributed by atoms with Crippen LogP contribution in [0, 0.1) is 0 Å². The Kier molecular flexibility index (Phi) is 4.16. The Hall–Kier alpha value is -2.10. The SMILES string of the molecule is CCn1nc(-c2cc(C(C)(C)C)ccc2OC)cc1C=O. The van der Waals surface area contributed by atoms with Crippen molar-refractivity contribution >= 4 is 6.29 Å². The van der Waals surface area contributed by atoms with E-state index in [-0.39, 0.29) is 5.41 Å². The van der Waals surface area contributed by atoms with Crippen molar-refractivity contribution in [3.8, 4) is 17.0 Å². The smallest absolute Gasteiger partial charge is 0.168 e. The fourth-order valence-corrected chi connectivity index (χ4v) is 2.29. The lowest BCUT2D eigenvalue weighted by molar-refractivity contribution is 0.111. The number of rotatable bonds is 4. The average molecular weight is 286 g/mol. The van der Waals surface area contributed by atoms with Crippen LogP contribution in [0.5, 0.6) is 5.75 Å². The highest BCUT2D eigenvalue weighted by molar-refractivity contribution is 5.77. The van der Waals surface area contributed by atoms with Crippen LogP contribution in [0.3, 0.4) is 0 Å². The molecule has 0 unspecified atom stereocenters. The summed E-state index contributed by atoms with van der Waals surface area (Å²) in [6.45, 7) is 9.13. The van der Waals surface area contributed by atoms with E-state index in [1.165, 1.54) is 5.56 Å². The van der Waals surface area contributed by atoms with Gasteiger partial charge in [-0.15, -0.1) is 0 Å². The van der Waals surface area contributed by atoms with E-state index in [0.29, 0.717) is 12.2 Å². The van der Waals surface area contributed by atoms with Gasteiger partial charge in [-0.05, 0) is 36.1 Å². The van der Waals surface area contributed by atoms with E-state index in [9.17, 15) is 4.79 Å². The van der Waals surface area contributed by atoms with E-state index in [4.69, 9.17) is 4.74 Å². The molecular formula is C17H22N2O2. The summed E-state index contributed by atoms with van der Waals surface area (Å²) in [6.07, 6.45) is 0.833. The lowest BCUT2D eigenvalue weighted by Gasteiger charge is -2.20. The second-order valence-electron chi connectivity index (χ2n) is 6.05. The minimum atomic E-state index is 0.0435. The summed E-state index contributed by atoms with van der Waals surface area (Å²) in [5, 5.41) is 4.51. The molecule has 4 heteroatoms. The maximum Gasteiger partial charge on any atom is 0.168 e. The third kappa shape index (κ3) is 2.99. The first-order valence-electron chi connectivity index (χ1n) is 7.12. The topological polar surface area (TPSA) is 44.1 Å². The number of carbonyl (C=O) groups excluding carboxylic acids is 1. The van der Waals surface area contributed by atoms with Crippen LogP contribution in [-0.2, 0) is 12.0 Å². The number of ether oxygens (including phenoxy) is 1. The van der Waals surface area contributed by atoms with Gasteiger partial charge in [0, 0.05) is 12.1 Å². The summed E-state index contributed by atoms with van der Waals surface area (Å²) >= 11 is 0. The van der Waals surface area contributed by atoms with Gasteiger partial charge in [0.15, 0.2) is 6.29 Å². The number of carbonyl (C=O) groups is 1. The van der Waals surface area contributed by atoms with Crippen LogP contribution < -0.4 is 4.74 Å². The molecule has 21 heavy (non-hydrogen) atoms. The molecule has 0 aliphatic carbocycles. The number of aromatic nitrogens is 2. The zero-order valence-electron chi connectivity index (χ0n) is 13.3. The minimum absolute atomic E-state index is 0.0435. The lowest BCUT2D eigenvalue weighted by Crippen LogP contribution is -2.11. The first-order valence-corrected chi connectivity index (χ1v) is 7.12.